The molecule has 39 heavy (non-hydrogen) atoms. The van der Waals surface area contributed by atoms with Crippen molar-refractivity contribution in [1.82, 2.24) is 0 Å². The molecular formula is C27H41NO9S2. The Labute approximate surface area is 231 Å². The molecule has 2 spiro atoms. The molecule has 10 nitrogen and oxygen atoms in total. The van der Waals surface area contributed by atoms with Crippen molar-refractivity contribution in [2.75, 3.05) is 30.9 Å². The van der Waals surface area contributed by atoms with Gasteiger partial charge in [-0.2, -0.15) is 18.2 Å². The molecule has 5 saturated carbocycles. The van der Waals surface area contributed by atoms with Crippen LogP contribution in [0, 0.1) is 23.7 Å². The van der Waals surface area contributed by atoms with Gasteiger partial charge in [0, 0.05) is 31.2 Å². The maximum absolute atomic E-state index is 11.8. The molecule has 5 aliphatic carbocycles. The lowest BCUT2D eigenvalue weighted by atomic mass is 9.53. The summed E-state index contributed by atoms with van der Waals surface area (Å²) < 4.78 is 61.9. The molecule has 7 rings (SSSR count). The Morgan fingerprint density at radius 2 is 1.49 bits per heavy atom. The molecule has 6 aliphatic rings. The Kier molecular flexibility index (Phi) is 8.38. The Balaban J connectivity index is 0.000000567. The van der Waals surface area contributed by atoms with Gasteiger partial charge in [-0.25, -0.2) is 8.42 Å². The highest BCUT2D eigenvalue weighted by atomic mass is 32.2. The van der Waals surface area contributed by atoms with E-state index in [-0.39, 0.29) is 24.7 Å². The Morgan fingerprint density at radius 1 is 0.923 bits per heavy atom. The number of hydrogen-bond acceptors (Lipinski definition) is 9. The van der Waals surface area contributed by atoms with E-state index >= 15 is 0 Å². The number of sulfone groups is 1. The molecule has 0 atom stereocenters. The topological polar surface area (TPSA) is 151 Å². The van der Waals surface area contributed by atoms with E-state index in [9.17, 15) is 16.8 Å². The second kappa shape index (κ2) is 11.2. The summed E-state index contributed by atoms with van der Waals surface area (Å²) in [5, 5.41) is 0. The summed E-state index contributed by atoms with van der Waals surface area (Å²) in [6, 6.07) is 8.06. The van der Waals surface area contributed by atoms with Crippen LogP contribution in [0.4, 0.5) is 0 Å². The van der Waals surface area contributed by atoms with E-state index in [2.05, 4.69) is 12.1 Å². The van der Waals surface area contributed by atoms with E-state index in [1.165, 1.54) is 37.7 Å². The fourth-order valence-electron chi connectivity index (χ4n) is 7.59. The van der Waals surface area contributed by atoms with Gasteiger partial charge in [-0.05, 0) is 80.4 Å². The van der Waals surface area contributed by atoms with Gasteiger partial charge in [0.15, 0.2) is 9.84 Å². The fraction of sp³-hybridized carbons (Fsp3) is 0.778. The standard InChI is InChI=1S/C26H37NO6S.CH4O3S/c27-9-11-34(28,29)12-10-30-24-3-1-20(2-4-24)21-5-7-25(8-6-21)31-26(33-32-25)22-14-18-13-19(16-22)17-23(26)15-18;1-5(2,3)4/h1-4,18-19,21-23H,5-17,27H2;1H3,(H,2,3,4). The lowest BCUT2D eigenvalue weighted by molar-refractivity contribution is -0.390. The minimum absolute atomic E-state index is 0.000404. The van der Waals surface area contributed by atoms with Crippen LogP contribution in [-0.4, -0.2) is 63.9 Å². The first-order chi connectivity index (χ1) is 18.4. The van der Waals surface area contributed by atoms with Crippen LogP contribution in [0.2, 0.25) is 0 Å². The van der Waals surface area contributed by atoms with Gasteiger partial charge < -0.3 is 15.2 Å². The van der Waals surface area contributed by atoms with Gasteiger partial charge in [-0.3, -0.25) is 4.55 Å². The molecule has 1 aliphatic heterocycles. The van der Waals surface area contributed by atoms with Crippen molar-refractivity contribution in [3.8, 4) is 5.75 Å². The SMILES string of the molecule is CS(=O)(=O)O.NCCS(=O)(=O)CCOc1ccc(C2CCC3(CC2)OOC2(O3)C3CC4CC(C3)CC2C4)cc1. The van der Waals surface area contributed by atoms with Crippen LogP contribution in [0.5, 0.6) is 5.75 Å². The zero-order chi connectivity index (χ0) is 27.9. The van der Waals surface area contributed by atoms with Crippen molar-refractivity contribution < 1.29 is 40.6 Å². The first-order valence-electron chi connectivity index (χ1n) is 14.0. The van der Waals surface area contributed by atoms with Crippen molar-refractivity contribution in [3.63, 3.8) is 0 Å². The minimum atomic E-state index is -3.67. The van der Waals surface area contributed by atoms with Crippen LogP contribution in [0.25, 0.3) is 0 Å². The normalized spacial score (nSPS) is 37.2. The third kappa shape index (κ3) is 6.79. The Morgan fingerprint density at radius 3 is 2.03 bits per heavy atom. The summed E-state index contributed by atoms with van der Waals surface area (Å²) >= 11 is 0. The van der Waals surface area contributed by atoms with Gasteiger partial charge in [0.25, 0.3) is 10.1 Å². The highest BCUT2D eigenvalue weighted by Crippen LogP contribution is 2.64. The van der Waals surface area contributed by atoms with Crippen molar-refractivity contribution in [1.29, 1.82) is 0 Å². The molecule has 0 unspecified atom stereocenters. The summed E-state index contributed by atoms with van der Waals surface area (Å²) in [6.45, 7) is 0.290. The van der Waals surface area contributed by atoms with E-state index in [0.717, 1.165) is 37.5 Å². The summed E-state index contributed by atoms with van der Waals surface area (Å²) in [5.41, 5.74) is 6.62. The van der Waals surface area contributed by atoms with Gasteiger partial charge in [0.2, 0.25) is 11.6 Å². The molecule has 4 bridgehead atoms. The average Bonchev–Trinajstić information content (AvgIpc) is 3.22. The highest BCUT2D eigenvalue weighted by Gasteiger charge is 2.66. The van der Waals surface area contributed by atoms with Crippen LogP contribution in [0.1, 0.15) is 69.3 Å². The van der Waals surface area contributed by atoms with Crippen LogP contribution in [-0.2, 0) is 34.5 Å². The lowest BCUT2D eigenvalue weighted by Gasteiger charge is -2.57. The molecule has 6 fully saturated rings. The predicted octanol–water partition coefficient (Wildman–Crippen LogP) is 3.43. The molecule has 0 amide bonds. The zero-order valence-corrected chi connectivity index (χ0v) is 24.1. The van der Waals surface area contributed by atoms with Crippen LogP contribution in [0.15, 0.2) is 24.3 Å². The van der Waals surface area contributed by atoms with E-state index in [1.54, 1.807) is 0 Å². The molecule has 1 saturated heterocycles. The third-order valence-electron chi connectivity index (χ3n) is 9.14. The zero-order valence-electron chi connectivity index (χ0n) is 22.5. The largest absolute Gasteiger partial charge is 0.493 e. The quantitative estimate of drug-likeness (QED) is 0.359. The first-order valence-corrected chi connectivity index (χ1v) is 17.7. The first kappa shape index (κ1) is 29.2. The van der Waals surface area contributed by atoms with Crippen LogP contribution < -0.4 is 10.5 Å². The predicted molar refractivity (Wildman–Crippen MR) is 144 cm³/mol. The maximum Gasteiger partial charge on any atom is 0.261 e. The van der Waals surface area contributed by atoms with Crippen molar-refractivity contribution in [2.24, 2.45) is 29.4 Å². The summed E-state index contributed by atoms with van der Waals surface area (Å²) in [5.74, 6) is 2.80. The minimum Gasteiger partial charge on any atom is -0.493 e. The number of benzene rings is 1. The van der Waals surface area contributed by atoms with E-state index in [0.29, 0.717) is 29.8 Å². The number of ether oxygens (including phenoxy) is 2. The number of nitrogens with two attached hydrogens (primary N) is 1. The summed E-state index contributed by atoms with van der Waals surface area (Å²) in [7, 11) is -6.80. The summed E-state index contributed by atoms with van der Waals surface area (Å²) in [4.78, 5) is 12.2. The molecule has 0 radical (unpaired) electrons. The smallest absolute Gasteiger partial charge is 0.261 e. The monoisotopic (exact) mass is 587 g/mol. The molecule has 12 heteroatoms. The van der Waals surface area contributed by atoms with Gasteiger partial charge in [0.05, 0.1) is 17.8 Å². The fourth-order valence-corrected chi connectivity index (χ4v) is 8.49. The molecular weight excluding hydrogens is 546 g/mol. The second-order valence-electron chi connectivity index (χ2n) is 12.1. The van der Waals surface area contributed by atoms with Gasteiger partial charge in [-0.15, -0.1) is 0 Å². The van der Waals surface area contributed by atoms with E-state index in [1.807, 2.05) is 12.1 Å². The molecule has 220 valence electrons. The van der Waals surface area contributed by atoms with Crippen molar-refractivity contribution >= 4 is 20.0 Å². The van der Waals surface area contributed by atoms with E-state index in [4.69, 9.17) is 29.5 Å². The van der Waals surface area contributed by atoms with Crippen molar-refractivity contribution in [2.45, 2.75) is 75.3 Å². The highest BCUT2D eigenvalue weighted by molar-refractivity contribution is 7.91. The van der Waals surface area contributed by atoms with Gasteiger partial charge in [0.1, 0.15) is 12.4 Å². The molecule has 0 aromatic heterocycles. The maximum atomic E-state index is 11.8. The third-order valence-corrected chi connectivity index (χ3v) is 10.8. The Hall–Kier alpha value is -1.28. The Bertz CT molecular complexity index is 1170. The molecule has 1 aromatic rings. The van der Waals surface area contributed by atoms with Crippen LogP contribution in [0.3, 0.4) is 0 Å². The molecule has 3 N–H and O–H groups in total. The second-order valence-corrected chi connectivity index (χ2v) is 15.8. The van der Waals surface area contributed by atoms with Crippen LogP contribution >= 0.6 is 0 Å². The molecule has 1 heterocycles. The summed E-state index contributed by atoms with van der Waals surface area (Å²) in [6.07, 6.45) is 10.8. The lowest BCUT2D eigenvalue weighted by Crippen LogP contribution is -2.59. The number of rotatable bonds is 7. The van der Waals surface area contributed by atoms with Crippen molar-refractivity contribution in [3.05, 3.63) is 29.8 Å². The average molecular weight is 588 g/mol. The van der Waals surface area contributed by atoms with Gasteiger partial charge >= 0.3 is 0 Å². The van der Waals surface area contributed by atoms with Gasteiger partial charge in [-0.1, -0.05) is 12.1 Å². The number of hydrogen-bond donors (Lipinski definition) is 2. The van der Waals surface area contributed by atoms with E-state index < -0.39 is 31.5 Å². The molecule has 1 aromatic carbocycles.